The fourth-order valence-electron chi connectivity index (χ4n) is 2.60. The molecule has 3 nitrogen and oxygen atoms in total. The Labute approximate surface area is 98.9 Å². The minimum Gasteiger partial charge on any atom is -0.481 e. The van der Waals surface area contributed by atoms with Gasteiger partial charge in [-0.1, -0.05) is 12.1 Å². The molecule has 0 bridgehead atoms. The number of benzene rings is 1. The van der Waals surface area contributed by atoms with Crippen LogP contribution in [0.4, 0.5) is 4.39 Å². The molecule has 0 amide bonds. The lowest BCUT2D eigenvalue weighted by atomic mass is 9.89. The molecule has 1 atom stereocenters. The average Bonchev–Trinajstić information content (AvgIpc) is 3.12. The molecule has 1 N–H and O–H groups in total. The van der Waals surface area contributed by atoms with Crippen LogP contribution in [-0.4, -0.2) is 28.6 Å². The Balaban J connectivity index is 2.02. The molecule has 1 aromatic carbocycles. The van der Waals surface area contributed by atoms with Gasteiger partial charge in [0.25, 0.3) is 0 Å². The molecule has 2 aliphatic rings. The average molecular weight is 235 g/mol. The summed E-state index contributed by atoms with van der Waals surface area (Å²) in [4.78, 5) is 13.4. The molecule has 1 heterocycles. The van der Waals surface area contributed by atoms with Crippen LogP contribution in [0.3, 0.4) is 0 Å². The number of halogens is 1. The zero-order valence-electron chi connectivity index (χ0n) is 9.40. The molecule has 1 fully saturated rings. The van der Waals surface area contributed by atoms with Crippen molar-refractivity contribution in [2.45, 2.75) is 31.3 Å². The number of fused-ring (bicyclic) bond motifs is 1. The van der Waals surface area contributed by atoms with Crippen LogP contribution in [0.2, 0.25) is 0 Å². The summed E-state index contributed by atoms with van der Waals surface area (Å²) in [5.74, 6) is -1.73. The number of nitrogens with zero attached hydrogens (tertiary/aromatic N) is 1. The fraction of sp³-hybridized carbons (Fsp3) is 0.462. The third-order valence-corrected chi connectivity index (χ3v) is 3.67. The molecule has 0 aromatic heterocycles. The zero-order chi connectivity index (χ0) is 12.0. The van der Waals surface area contributed by atoms with E-state index in [-0.39, 0.29) is 5.82 Å². The first-order valence-corrected chi connectivity index (χ1v) is 5.91. The van der Waals surface area contributed by atoms with E-state index in [4.69, 9.17) is 0 Å². The summed E-state index contributed by atoms with van der Waals surface area (Å²) in [6, 6.07) is 5.21. The standard InChI is InChI=1S/C13H14FNO2/c14-12-3-1-2-9-10(12)6-15(8-4-5-8)7-11(9)13(16)17/h1-3,8,11H,4-7H2,(H,16,17). The maximum absolute atomic E-state index is 13.7. The van der Waals surface area contributed by atoms with Gasteiger partial charge in [0.1, 0.15) is 5.82 Å². The van der Waals surface area contributed by atoms with Crippen molar-refractivity contribution < 1.29 is 14.3 Å². The lowest BCUT2D eigenvalue weighted by molar-refractivity contribution is -0.139. The molecule has 3 rings (SSSR count). The lowest BCUT2D eigenvalue weighted by Gasteiger charge is -2.32. The first kappa shape index (κ1) is 10.7. The monoisotopic (exact) mass is 235 g/mol. The van der Waals surface area contributed by atoms with Crippen LogP contribution in [0.1, 0.15) is 29.9 Å². The zero-order valence-corrected chi connectivity index (χ0v) is 9.40. The fourth-order valence-corrected chi connectivity index (χ4v) is 2.60. The number of carbonyl (C=O) groups is 1. The molecule has 4 heteroatoms. The number of carboxylic acid groups (broad SMARTS) is 1. The van der Waals surface area contributed by atoms with Crippen molar-refractivity contribution in [3.05, 3.63) is 35.1 Å². The van der Waals surface area contributed by atoms with Crippen LogP contribution < -0.4 is 0 Å². The number of rotatable bonds is 2. The van der Waals surface area contributed by atoms with Crippen LogP contribution in [0.5, 0.6) is 0 Å². The molecular formula is C13H14FNO2. The van der Waals surface area contributed by atoms with Crippen LogP contribution in [-0.2, 0) is 11.3 Å². The number of aliphatic carboxylic acids is 1. The molecular weight excluding hydrogens is 221 g/mol. The Hall–Kier alpha value is -1.42. The lowest BCUT2D eigenvalue weighted by Crippen LogP contribution is -2.38. The predicted octanol–water partition coefficient (Wildman–Crippen LogP) is 1.97. The van der Waals surface area contributed by atoms with Crippen molar-refractivity contribution >= 4 is 5.97 Å². The van der Waals surface area contributed by atoms with E-state index in [0.29, 0.717) is 30.3 Å². The highest BCUT2D eigenvalue weighted by atomic mass is 19.1. The van der Waals surface area contributed by atoms with E-state index in [9.17, 15) is 14.3 Å². The summed E-state index contributed by atoms with van der Waals surface area (Å²) >= 11 is 0. The third-order valence-electron chi connectivity index (χ3n) is 3.67. The highest BCUT2D eigenvalue weighted by Crippen LogP contribution is 2.36. The Kier molecular flexibility index (Phi) is 2.40. The molecule has 1 saturated carbocycles. The molecule has 1 unspecified atom stereocenters. The van der Waals surface area contributed by atoms with Gasteiger partial charge in [0.05, 0.1) is 5.92 Å². The van der Waals surface area contributed by atoms with Crippen molar-refractivity contribution in [2.24, 2.45) is 0 Å². The van der Waals surface area contributed by atoms with Crippen molar-refractivity contribution in [2.75, 3.05) is 6.54 Å². The predicted molar refractivity (Wildman–Crippen MR) is 60.2 cm³/mol. The Bertz CT molecular complexity index is 470. The summed E-state index contributed by atoms with van der Waals surface area (Å²) in [5, 5.41) is 9.25. The Morgan fingerprint density at radius 2 is 2.18 bits per heavy atom. The quantitative estimate of drug-likeness (QED) is 0.852. The minimum absolute atomic E-state index is 0.279. The van der Waals surface area contributed by atoms with E-state index < -0.39 is 11.9 Å². The van der Waals surface area contributed by atoms with Gasteiger partial charge in [0.2, 0.25) is 0 Å². The molecule has 1 aliphatic carbocycles. The summed E-state index contributed by atoms with van der Waals surface area (Å²) < 4.78 is 13.7. The van der Waals surface area contributed by atoms with Crippen molar-refractivity contribution in [1.29, 1.82) is 0 Å². The SMILES string of the molecule is O=C(O)C1CN(C2CC2)Cc2c(F)cccc21. The van der Waals surface area contributed by atoms with E-state index in [1.54, 1.807) is 12.1 Å². The highest BCUT2D eigenvalue weighted by Gasteiger charge is 2.38. The topological polar surface area (TPSA) is 40.5 Å². The van der Waals surface area contributed by atoms with Crippen LogP contribution in [0, 0.1) is 5.82 Å². The van der Waals surface area contributed by atoms with E-state index in [1.165, 1.54) is 6.07 Å². The van der Waals surface area contributed by atoms with E-state index in [0.717, 1.165) is 12.8 Å². The number of hydrogen-bond acceptors (Lipinski definition) is 2. The first-order chi connectivity index (χ1) is 8.16. The summed E-state index contributed by atoms with van der Waals surface area (Å²) in [7, 11) is 0. The van der Waals surface area contributed by atoms with E-state index in [1.807, 2.05) is 0 Å². The molecule has 0 spiro atoms. The Morgan fingerprint density at radius 3 is 2.82 bits per heavy atom. The molecule has 0 saturated heterocycles. The van der Waals surface area contributed by atoms with E-state index >= 15 is 0 Å². The van der Waals surface area contributed by atoms with Crippen molar-refractivity contribution in [3.8, 4) is 0 Å². The summed E-state index contributed by atoms with van der Waals surface area (Å²) in [5.41, 5.74) is 1.22. The van der Waals surface area contributed by atoms with Gasteiger partial charge in [-0.15, -0.1) is 0 Å². The first-order valence-electron chi connectivity index (χ1n) is 5.91. The van der Waals surface area contributed by atoms with Crippen LogP contribution >= 0.6 is 0 Å². The highest BCUT2D eigenvalue weighted by molar-refractivity contribution is 5.77. The Morgan fingerprint density at radius 1 is 1.41 bits per heavy atom. The van der Waals surface area contributed by atoms with Gasteiger partial charge in [-0.25, -0.2) is 4.39 Å². The smallest absolute Gasteiger partial charge is 0.312 e. The number of hydrogen-bond donors (Lipinski definition) is 1. The van der Waals surface area contributed by atoms with Gasteiger partial charge in [-0.3, -0.25) is 9.69 Å². The second-order valence-corrected chi connectivity index (χ2v) is 4.86. The molecule has 1 aromatic rings. The second kappa shape index (κ2) is 3.81. The third kappa shape index (κ3) is 1.82. The molecule has 90 valence electrons. The number of carboxylic acids is 1. The maximum atomic E-state index is 13.7. The summed E-state index contributed by atoms with van der Waals surface area (Å²) in [6.45, 7) is 1.06. The van der Waals surface area contributed by atoms with Crippen LogP contribution in [0.25, 0.3) is 0 Å². The minimum atomic E-state index is -0.859. The van der Waals surface area contributed by atoms with Gasteiger partial charge < -0.3 is 5.11 Å². The normalized spacial score (nSPS) is 24.4. The largest absolute Gasteiger partial charge is 0.481 e. The van der Waals surface area contributed by atoms with Crippen molar-refractivity contribution in [3.63, 3.8) is 0 Å². The molecule has 17 heavy (non-hydrogen) atoms. The van der Waals surface area contributed by atoms with E-state index in [2.05, 4.69) is 4.90 Å². The molecule has 1 aliphatic heterocycles. The van der Waals surface area contributed by atoms with Gasteiger partial charge in [0, 0.05) is 24.7 Å². The van der Waals surface area contributed by atoms with Crippen LogP contribution in [0.15, 0.2) is 18.2 Å². The molecule has 0 radical (unpaired) electrons. The van der Waals surface area contributed by atoms with Gasteiger partial charge in [-0.05, 0) is 24.5 Å². The van der Waals surface area contributed by atoms with Crippen molar-refractivity contribution in [1.82, 2.24) is 4.90 Å². The van der Waals surface area contributed by atoms with Gasteiger partial charge in [0.15, 0.2) is 0 Å². The summed E-state index contributed by atoms with van der Waals surface area (Å²) in [6.07, 6.45) is 2.21. The maximum Gasteiger partial charge on any atom is 0.312 e. The van der Waals surface area contributed by atoms with Gasteiger partial charge >= 0.3 is 5.97 Å². The second-order valence-electron chi connectivity index (χ2n) is 4.86. The van der Waals surface area contributed by atoms with Gasteiger partial charge in [-0.2, -0.15) is 0 Å².